The number of hydrogen-bond donors (Lipinski definition) is 0. The molecule has 0 unspecified atom stereocenters. The van der Waals surface area contributed by atoms with Crippen molar-refractivity contribution < 1.29 is 18.5 Å². The summed E-state index contributed by atoms with van der Waals surface area (Å²) in [6.45, 7) is 5.60. The van der Waals surface area contributed by atoms with Gasteiger partial charge in [0.2, 0.25) is 5.89 Å². The molecule has 0 N–H and O–H groups in total. The molecule has 0 aliphatic rings. The molecule has 0 bridgehead atoms. The Labute approximate surface area is 197 Å². The second-order valence-corrected chi connectivity index (χ2v) is 9.31. The molecule has 0 aliphatic heterocycles. The van der Waals surface area contributed by atoms with Crippen molar-refractivity contribution >= 4 is 40.0 Å². The number of aromatic nitrogens is 4. The van der Waals surface area contributed by atoms with E-state index in [0.717, 1.165) is 15.3 Å². The molecule has 0 amide bonds. The normalized spacial score (nSPS) is 11.3. The van der Waals surface area contributed by atoms with Crippen molar-refractivity contribution in [1.29, 1.82) is 0 Å². The van der Waals surface area contributed by atoms with Crippen molar-refractivity contribution in [2.24, 2.45) is 0 Å². The molecule has 5 rings (SSSR count). The zero-order valence-corrected chi connectivity index (χ0v) is 19.5. The van der Waals surface area contributed by atoms with Crippen molar-refractivity contribution in [3.63, 3.8) is 0 Å². The Hall–Kier alpha value is -3.56. The highest BCUT2D eigenvalue weighted by Gasteiger charge is 2.22. The van der Waals surface area contributed by atoms with Crippen molar-refractivity contribution in [2.75, 3.05) is 0 Å². The number of pyridine rings is 1. The minimum Gasteiger partial charge on any atom is -0.452 e. The van der Waals surface area contributed by atoms with E-state index in [2.05, 4.69) is 20.3 Å². The lowest BCUT2D eigenvalue weighted by Crippen LogP contribution is -2.07. The van der Waals surface area contributed by atoms with Gasteiger partial charge in [0.1, 0.15) is 0 Å². The Kier molecular flexibility index (Phi) is 5.43. The second kappa shape index (κ2) is 8.42. The van der Waals surface area contributed by atoms with Crippen LogP contribution in [0.25, 0.3) is 33.8 Å². The SMILES string of the molecule is Cc1cc(-c2cc(C(=O)OCc3nnc(-c4ccc(Cl)cc4)o3)c3c(C)noc3n2)c(C)s1. The Morgan fingerprint density at radius 1 is 1.12 bits per heavy atom. The lowest BCUT2D eigenvalue weighted by atomic mass is 10.1. The predicted molar refractivity (Wildman–Crippen MR) is 123 cm³/mol. The van der Waals surface area contributed by atoms with Crippen LogP contribution in [0.3, 0.4) is 0 Å². The molecule has 0 radical (unpaired) electrons. The van der Waals surface area contributed by atoms with E-state index in [4.69, 9.17) is 25.3 Å². The van der Waals surface area contributed by atoms with Crippen LogP contribution in [0.4, 0.5) is 0 Å². The molecule has 10 heteroatoms. The summed E-state index contributed by atoms with van der Waals surface area (Å²) >= 11 is 7.57. The number of nitrogens with zero attached hydrogens (tertiary/aromatic N) is 4. The maximum absolute atomic E-state index is 13.0. The molecule has 5 aromatic rings. The number of carbonyl (C=O) groups excluding carboxylic acids is 1. The van der Waals surface area contributed by atoms with Gasteiger partial charge in [-0.2, -0.15) is 0 Å². The van der Waals surface area contributed by atoms with Crippen LogP contribution in [0.1, 0.15) is 31.7 Å². The number of thiophene rings is 1. The van der Waals surface area contributed by atoms with Crippen molar-refractivity contribution in [2.45, 2.75) is 27.4 Å². The molecule has 4 heterocycles. The van der Waals surface area contributed by atoms with Crippen LogP contribution >= 0.6 is 22.9 Å². The van der Waals surface area contributed by atoms with Gasteiger partial charge in [-0.05, 0) is 57.2 Å². The quantitative estimate of drug-likeness (QED) is 0.285. The van der Waals surface area contributed by atoms with E-state index in [0.29, 0.717) is 38.8 Å². The first kappa shape index (κ1) is 21.3. The molecule has 0 saturated heterocycles. The lowest BCUT2D eigenvalue weighted by molar-refractivity contribution is 0.0441. The van der Waals surface area contributed by atoms with E-state index >= 15 is 0 Å². The van der Waals surface area contributed by atoms with Crippen molar-refractivity contribution in [1.82, 2.24) is 20.3 Å². The summed E-state index contributed by atoms with van der Waals surface area (Å²) < 4.78 is 16.5. The molecule has 4 aromatic heterocycles. The standard InChI is InChI=1S/C23H17ClN4O4S/c1-11-8-16(13(3)33-11)18-9-17(20-12(2)28-32-22(20)25-18)23(29)30-10-19-26-27-21(31-19)14-4-6-15(24)7-5-14/h4-9H,10H2,1-3H3. The van der Waals surface area contributed by atoms with E-state index in [1.165, 1.54) is 0 Å². The topological polar surface area (TPSA) is 104 Å². The molecule has 1 aromatic carbocycles. The van der Waals surface area contributed by atoms with Crippen LogP contribution in [0.15, 0.2) is 45.3 Å². The molecule has 0 saturated carbocycles. The first-order valence-electron chi connectivity index (χ1n) is 9.99. The van der Waals surface area contributed by atoms with Crippen molar-refractivity contribution in [3.8, 4) is 22.7 Å². The fourth-order valence-electron chi connectivity index (χ4n) is 3.50. The largest absolute Gasteiger partial charge is 0.452 e. The number of fused-ring (bicyclic) bond motifs is 1. The zero-order chi connectivity index (χ0) is 23.1. The summed E-state index contributed by atoms with van der Waals surface area (Å²) in [6, 6.07) is 10.7. The highest BCUT2D eigenvalue weighted by atomic mass is 35.5. The zero-order valence-electron chi connectivity index (χ0n) is 17.9. The van der Waals surface area contributed by atoms with Gasteiger partial charge in [0.25, 0.3) is 11.6 Å². The summed E-state index contributed by atoms with van der Waals surface area (Å²) in [5.41, 5.74) is 3.42. The van der Waals surface area contributed by atoms with Crippen LogP contribution in [0.5, 0.6) is 0 Å². The molecule has 166 valence electrons. The third-order valence-electron chi connectivity index (χ3n) is 5.04. The predicted octanol–water partition coefficient (Wildman–Crippen LogP) is 5.94. The minimum absolute atomic E-state index is 0.171. The van der Waals surface area contributed by atoms with Gasteiger partial charge in [0.05, 0.1) is 22.3 Å². The van der Waals surface area contributed by atoms with Gasteiger partial charge in [-0.1, -0.05) is 16.8 Å². The van der Waals surface area contributed by atoms with Crippen molar-refractivity contribution in [3.05, 3.63) is 68.3 Å². The van der Waals surface area contributed by atoms with Crippen LogP contribution in [0.2, 0.25) is 5.02 Å². The van der Waals surface area contributed by atoms with Crippen LogP contribution in [-0.4, -0.2) is 26.3 Å². The monoisotopic (exact) mass is 480 g/mol. The average molecular weight is 481 g/mol. The summed E-state index contributed by atoms with van der Waals surface area (Å²) in [5.74, 6) is -0.0829. The molecule has 0 fully saturated rings. The molecule has 0 atom stereocenters. The summed E-state index contributed by atoms with van der Waals surface area (Å²) in [7, 11) is 0. The Balaban J connectivity index is 1.42. The average Bonchev–Trinajstić information content (AvgIpc) is 3.51. The van der Waals surface area contributed by atoms with Gasteiger partial charge in [0.15, 0.2) is 6.61 Å². The van der Waals surface area contributed by atoms with E-state index < -0.39 is 5.97 Å². The van der Waals surface area contributed by atoms with E-state index in [-0.39, 0.29) is 18.2 Å². The number of carbonyl (C=O) groups is 1. The third kappa shape index (κ3) is 4.12. The first-order valence-corrected chi connectivity index (χ1v) is 11.2. The Bertz CT molecular complexity index is 1490. The van der Waals surface area contributed by atoms with Gasteiger partial charge in [0, 0.05) is 25.9 Å². The third-order valence-corrected chi connectivity index (χ3v) is 6.26. The summed E-state index contributed by atoms with van der Waals surface area (Å²) in [4.78, 5) is 19.9. The Morgan fingerprint density at radius 2 is 1.91 bits per heavy atom. The summed E-state index contributed by atoms with van der Waals surface area (Å²) in [5, 5.41) is 13.1. The molecule has 0 aliphatic carbocycles. The maximum Gasteiger partial charge on any atom is 0.339 e. The van der Waals surface area contributed by atoms with E-state index in [1.54, 1.807) is 48.6 Å². The fourth-order valence-corrected chi connectivity index (χ4v) is 4.56. The van der Waals surface area contributed by atoms with Crippen LogP contribution in [0, 0.1) is 20.8 Å². The minimum atomic E-state index is -0.564. The van der Waals surface area contributed by atoms with E-state index in [9.17, 15) is 4.79 Å². The number of esters is 1. The summed E-state index contributed by atoms with van der Waals surface area (Å²) in [6.07, 6.45) is 0. The molecule has 8 nitrogen and oxygen atoms in total. The lowest BCUT2D eigenvalue weighted by Gasteiger charge is -2.06. The van der Waals surface area contributed by atoms with Crippen LogP contribution in [-0.2, 0) is 11.3 Å². The smallest absolute Gasteiger partial charge is 0.339 e. The highest BCUT2D eigenvalue weighted by Crippen LogP contribution is 2.33. The first-order chi connectivity index (χ1) is 15.9. The van der Waals surface area contributed by atoms with E-state index in [1.807, 2.05) is 19.9 Å². The molecule has 0 spiro atoms. The number of benzene rings is 1. The molecular weight excluding hydrogens is 464 g/mol. The number of halogens is 1. The number of hydrogen-bond acceptors (Lipinski definition) is 9. The number of rotatable bonds is 5. The maximum atomic E-state index is 13.0. The van der Waals surface area contributed by atoms with Gasteiger partial charge in [-0.3, -0.25) is 0 Å². The van der Waals surface area contributed by atoms with Gasteiger partial charge in [-0.25, -0.2) is 9.78 Å². The van der Waals surface area contributed by atoms with Gasteiger partial charge < -0.3 is 13.7 Å². The van der Waals surface area contributed by atoms with Gasteiger partial charge >= 0.3 is 5.97 Å². The number of aryl methyl sites for hydroxylation is 3. The fraction of sp³-hybridized carbons (Fsp3) is 0.174. The highest BCUT2D eigenvalue weighted by molar-refractivity contribution is 7.12. The second-order valence-electron chi connectivity index (χ2n) is 7.41. The molecular formula is C23H17ClN4O4S. The molecule has 33 heavy (non-hydrogen) atoms. The Morgan fingerprint density at radius 3 is 2.64 bits per heavy atom. The van der Waals surface area contributed by atoms with Gasteiger partial charge in [-0.15, -0.1) is 21.5 Å². The van der Waals surface area contributed by atoms with Crippen LogP contribution < -0.4 is 0 Å². The number of ether oxygens (including phenoxy) is 1.